The summed E-state index contributed by atoms with van der Waals surface area (Å²) in [6.45, 7) is 5.36. The molecule has 0 saturated heterocycles. The molecule has 0 aliphatic heterocycles. The molecule has 1 N–H and O–H groups in total. The molecule has 2 aromatic carbocycles. The zero-order valence-corrected chi connectivity index (χ0v) is 12.9. The Morgan fingerprint density at radius 1 is 1.10 bits per heavy atom. The van der Waals surface area contributed by atoms with Crippen LogP contribution in [0.5, 0.6) is 0 Å². The number of hydrogen-bond donors (Lipinski definition) is 1. The van der Waals surface area contributed by atoms with Gasteiger partial charge in [0.2, 0.25) is 0 Å². The molecular formula is C18H22N2O. The number of rotatable bonds is 5. The number of likely N-dealkylation sites (N-methyl/N-ethyl adjacent to an activating group) is 1. The Labute approximate surface area is 126 Å². The average molecular weight is 282 g/mol. The summed E-state index contributed by atoms with van der Waals surface area (Å²) in [5, 5.41) is 2.99. The summed E-state index contributed by atoms with van der Waals surface area (Å²) in [5.74, 6) is -0.00217. The SMILES string of the molecule is Cc1ccc(C)c(C(=O)NCCN(C)c2ccccc2)c1. The van der Waals surface area contributed by atoms with Crippen LogP contribution in [0.1, 0.15) is 21.5 Å². The predicted molar refractivity (Wildman–Crippen MR) is 88.0 cm³/mol. The molecule has 0 spiro atoms. The molecule has 0 heterocycles. The van der Waals surface area contributed by atoms with Gasteiger partial charge in [0.1, 0.15) is 0 Å². The van der Waals surface area contributed by atoms with Crippen molar-refractivity contribution in [3.05, 3.63) is 65.2 Å². The van der Waals surface area contributed by atoms with Crippen LogP contribution in [0.15, 0.2) is 48.5 Å². The molecule has 1 amide bonds. The third kappa shape index (κ3) is 4.09. The summed E-state index contributed by atoms with van der Waals surface area (Å²) >= 11 is 0. The van der Waals surface area contributed by atoms with E-state index in [0.717, 1.165) is 28.9 Å². The van der Waals surface area contributed by atoms with E-state index in [4.69, 9.17) is 0 Å². The highest BCUT2D eigenvalue weighted by Gasteiger charge is 2.09. The van der Waals surface area contributed by atoms with Crippen LogP contribution in [0.3, 0.4) is 0 Å². The fraction of sp³-hybridized carbons (Fsp3) is 0.278. The molecule has 0 aliphatic carbocycles. The summed E-state index contributed by atoms with van der Waals surface area (Å²) in [5.41, 5.74) is 4.03. The Bertz CT molecular complexity index is 608. The fourth-order valence-corrected chi connectivity index (χ4v) is 2.22. The monoisotopic (exact) mass is 282 g/mol. The summed E-state index contributed by atoms with van der Waals surface area (Å²) in [6.07, 6.45) is 0. The number of carbonyl (C=O) groups excluding carboxylic acids is 1. The molecule has 0 aliphatic rings. The van der Waals surface area contributed by atoms with Crippen molar-refractivity contribution in [2.24, 2.45) is 0 Å². The predicted octanol–water partition coefficient (Wildman–Crippen LogP) is 3.17. The number of anilines is 1. The van der Waals surface area contributed by atoms with Crippen LogP contribution in [0.2, 0.25) is 0 Å². The molecule has 110 valence electrons. The van der Waals surface area contributed by atoms with Gasteiger partial charge in [-0.3, -0.25) is 4.79 Å². The first kappa shape index (κ1) is 15.1. The van der Waals surface area contributed by atoms with E-state index in [0.29, 0.717) is 6.54 Å². The lowest BCUT2D eigenvalue weighted by Crippen LogP contribution is -2.33. The van der Waals surface area contributed by atoms with Gasteiger partial charge in [-0.15, -0.1) is 0 Å². The Hall–Kier alpha value is -2.29. The smallest absolute Gasteiger partial charge is 0.251 e. The lowest BCUT2D eigenvalue weighted by atomic mass is 10.1. The summed E-state index contributed by atoms with van der Waals surface area (Å²) in [4.78, 5) is 14.3. The van der Waals surface area contributed by atoms with E-state index in [9.17, 15) is 4.79 Å². The summed E-state index contributed by atoms with van der Waals surface area (Å²) in [6, 6.07) is 16.1. The van der Waals surface area contributed by atoms with Crippen LogP contribution < -0.4 is 10.2 Å². The molecule has 0 atom stereocenters. The first-order chi connectivity index (χ1) is 10.1. The number of benzene rings is 2. The van der Waals surface area contributed by atoms with Crippen molar-refractivity contribution < 1.29 is 4.79 Å². The van der Waals surface area contributed by atoms with Crippen LogP contribution in [-0.4, -0.2) is 26.0 Å². The van der Waals surface area contributed by atoms with Crippen LogP contribution in [0, 0.1) is 13.8 Å². The minimum atomic E-state index is -0.00217. The van der Waals surface area contributed by atoms with Gasteiger partial charge in [-0.05, 0) is 37.6 Å². The van der Waals surface area contributed by atoms with E-state index in [1.165, 1.54) is 0 Å². The normalized spacial score (nSPS) is 10.2. The lowest BCUT2D eigenvalue weighted by molar-refractivity contribution is 0.0954. The Kier molecular flexibility index (Phi) is 4.99. The highest BCUT2D eigenvalue weighted by molar-refractivity contribution is 5.95. The van der Waals surface area contributed by atoms with E-state index in [1.807, 2.05) is 57.3 Å². The molecule has 0 radical (unpaired) electrons. The second-order valence-corrected chi connectivity index (χ2v) is 5.33. The maximum Gasteiger partial charge on any atom is 0.251 e. The quantitative estimate of drug-likeness (QED) is 0.913. The topological polar surface area (TPSA) is 32.3 Å². The number of para-hydroxylation sites is 1. The number of aryl methyl sites for hydroxylation is 2. The lowest BCUT2D eigenvalue weighted by Gasteiger charge is -2.19. The first-order valence-electron chi connectivity index (χ1n) is 7.19. The highest BCUT2D eigenvalue weighted by Crippen LogP contribution is 2.11. The maximum atomic E-state index is 12.2. The standard InChI is InChI=1S/C18H22N2O/c1-14-9-10-15(2)17(13-14)18(21)19-11-12-20(3)16-7-5-4-6-8-16/h4-10,13H,11-12H2,1-3H3,(H,19,21). The molecule has 0 aromatic heterocycles. The number of carbonyl (C=O) groups is 1. The molecule has 0 saturated carbocycles. The van der Waals surface area contributed by atoms with Gasteiger partial charge in [-0.1, -0.05) is 35.9 Å². The van der Waals surface area contributed by atoms with E-state index in [-0.39, 0.29) is 5.91 Å². The van der Waals surface area contributed by atoms with Gasteiger partial charge in [-0.2, -0.15) is 0 Å². The van der Waals surface area contributed by atoms with E-state index >= 15 is 0 Å². The second kappa shape index (κ2) is 6.93. The van der Waals surface area contributed by atoms with Crippen molar-refractivity contribution in [3.8, 4) is 0 Å². The number of amides is 1. The van der Waals surface area contributed by atoms with Crippen molar-refractivity contribution in [1.82, 2.24) is 5.32 Å². The zero-order chi connectivity index (χ0) is 15.2. The van der Waals surface area contributed by atoms with E-state index in [2.05, 4.69) is 22.3 Å². The van der Waals surface area contributed by atoms with E-state index < -0.39 is 0 Å². The van der Waals surface area contributed by atoms with Crippen LogP contribution in [0.25, 0.3) is 0 Å². The molecule has 0 bridgehead atoms. The van der Waals surface area contributed by atoms with Crippen molar-refractivity contribution in [2.45, 2.75) is 13.8 Å². The third-order valence-corrected chi connectivity index (χ3v) is 3.57. The molecule has 2 aromatic rings. The van der Waals surface area contributed by atoms with Gasteiger partial charge >= 0.3 is 0 Å². The van der Waals surface area contributed by atoms with Crippen LogP contribution in [-0.2, 0) is 0 Å². The van der Waals surface area contributed by atoms with Gasteiger partial charge in [-0.25, -0.2) is 0 Å². The van der Waals surface area contributed by atoms with Crippen LogP contribution >= 0.6 is 0 Å². The summed E-state index contributed by atoms with van der Waals surface area (Å²) in [7, 11) is 2.03. The van der Waals surface area contributed by atoms with Gasteiger partial charge in [0.25, 0.3) is 5.91 Å². The van der Waals surface area contributed by atoms with E-state index in [1.54, 1.807) is 0 Å². The number of hydrogen-bond acceptors (Lipinski definition) is 2. The van der Waals surface area contributed by atoms with Crippen molar-refractivity contribution in [2.75, 3.05) is 25.0 Å². The molecule has 0 fully saturated rings. The highest BCUT2D eigenvalue weighted by atomic mass is 16.1. The molecule has 21 heavy (non-hydrogen) atoms. The summed E-state index contributed by atoms with van der Waals surface area (Å²) < 4.78 is 0. The number of nitrogens with zero attached hydrogens (tertiary/aromatic N) is 1. The Morgan fingerprint density at radius 3 is 2.52 bits per heavy atom. The number of nitrogens with one attached hydrogen (secondary N) is 1. The molecule has 3 nitrogen and oxygen atoms in total. The zero-order valence-electron chi connectivity index (χ0n) is 12.9. The first-order valence-corrected chi connectivity index (χ1v) is 7.19. The average Bonchev–Trinajstić information content (AvgIpc) is 2.50. The van der Waals surface area contributed by atoms with Gasteiger partial charge < -0.3 is 10.2 Å². The molecular weight excluding hydrogens is 260 g/mol. The minimum absolute atomic E-state index is 0.00217. The Morgan fingerprint density at radius 2 is 1.81 bits per heavy atom. The molecule has 3 heteroatoms. The van der Waals surface area contributed by atoms with Crippen molar-refractivity contribution >= 4 is 11.6 Å². The molecule has 2 rings (SSSR count). The molecule has 0 unspecified atom stereocenters. The third-order valence-electron chi connectivity index (χ3n) is 3.57. The van der Waals surface area contributed by atoms with Crippen LogP contribution in [0.4, 0.5) is 5.69 Å². The second-order valence-electron chi connectivity index (χ2n) is 5.33. The fourth-order valence-electron chi connectivity index (χ4n) is 2.22. The largest absolute Gasteiger partial charge is 0.373 e. The minimum Gasteiger partial charge on any atom is -0.373 e. The Balaban J connectivity index is 1.88. The van der Waals surface area contributed by atoms with Crippen molar-refractivity contribution in [1.29, 1.82) is 0 Å². The van der Waals surface area contributed by atoms with Gasteiger partial charge in [0.05, 0.1) is 0 Å². The van der Waals surface area contributed by atoms with Gasteiger partial charge in [0.15, 0.2) is 0 Å². The van der Waals surface area contributed by atoms with Crippen molar-refractivity contribution in [3.63, 3.8) is 0 Å². The van der Waals surface area contributed by atoms with Gasteiger partial charge in [0, 0.05) is 31.4 Å². The maximum absolute atomic E-state index is 12.2.